The van der Waals surface area contributed by atoms with Crippen molar-refractivity contribution in [1.29, 1.82) is 0 Å². The van der Waals surface area contributed by atoms with Crippen molar-refractivity contribution in [2.24, 2.45) is 0 Å². The van der Waals surface area contributed by atoms with Crippen molar-refractivity contribution in [1.82, 2.24) is 0 Å². The molecule has 0 bridgehead atoms. The Morgan fingerprint density at radius 2 is 1.60 bits per heavy atom. The Kier molecular flexibility index (Phi) is 3.30. The van der Waals surface area contributed by atoms with Crippen LogP contribution in [0.1, 0.15) is 11.1 Å². The molecule has 0 spiro atoms. The molecule has 0 amide bonds. The third kappa shape index (κ3) is 2.74. The molecular formula is C13H10Cl2. The van der Waals surface area contributed by atoms with Crippen molar-refractivity contribution >= 4 is 23.2 Å². The third-order valence-corrected chi connectivity index (χ3v) is 2.84. The van der Waals surface area contributed by atoms with Crippen molar-refractivity contribution in [2.45, 2.75) is 6.42 Å². The maximum absolute atomic E-state index is 6.09. The average Bonchev–Trinajstić information content (AvgIpc) is 2.24. The molecule has 0 unspecified atom stereocenters. The maximum Gasteiger partial charge on any atom is 0.0456 e. The smallest absolute Gasteiger partial charge is 0.0456 e. The van der Waals surface area contributed by atoms with Crippen LogP contribution in [0.2, 0.25) is 10.0 Å². The largest absolute Gasteiger partial charge is 0.0843 e. The molecule has 2 aromatic rings. The molecule has 0 radical (unpaired) electrons. The first-order valence-electron chi connectivity index (χ1n) is 4.73. The predicted octanol–water partition coefficient (Wildman–Crippen LogP) is 4.58. The molecule has 0 N–H and O–H groups in total. The van der Waals surface area contributed by atoms with E-state index in [0.29, 0.717) is 5.02 Å². The zero-order valence-electron chi connectivity index (χ0n) is 8.08. The molecule has 0 aliphatic rings. The highest BCUT2D eigenvalue weighted by atomic mass is 35.5. The molecule has 0 saturated heterocycles. The van der Waals surface area contributed by atoms with Crippen LogP contribution in [-0.4, -0.2) is 0 Å². The number of hydrogen-bond acceptors (Lipinski definition) is 0. The predicted molar refractivity (Wildman–Crippen MR) is 65.7 cm³/mol. The van der Waals surface area contributed by atoms with E-state index in [0.717, 1.165) is 17.0 Å². The van der Waals surface area contributed by atoms with Crippen molar-refractivity contribution in [3.8, 4) is 0 Å². The maximum atomic E-state index is 6.09. The van der Waals surface area contributed by atoms with Crippen LogP contribution in [-0.2, 0) is 6.42 Å². The van der Waals surface area contributed by atoms with Crippen molar-refractivity contribution < 1.29 is 0 Å². The first kappa shape index (κ1) is 10.5. The van der Waals surface area contributed by atoms with E-state index in [1.54, 1.807) is 6.07 Å². The zero-order valence-corrected chi connectivity index (χ0v) is 9.59. The molecule has 2 rings (SSSR count). The lowest BCUT2D eigenvalue weighted by Gasteiger charge is -2.04. The van der Waals surface area contributed by atoms with Gasteiger partial charge >= 0.3 is 0 Å². The van der Waals surface area contributed by atoms with Gasteiger partial charge in [-0.05, 0) is 29.7 Å². The molecule has 0 aliphatic carbocycles. The first-order valence-corrected chi connectivity index (χ1v) is 5.49. The molecule has 15 heavy (non-hydrogen) atoms. The molecule has 0 nitrogen and oxygen atoms in total. The third-order valence-electron chi connectivity index (χ3n) is 2.25. The molecule has 0 heterocycles. The Morgan fingerprint density at radius 1 is 0.867 bits per heavy atom. The Morgan fingerprint density at radius 3 is 2.27 bits per heavy atom. The van der Waals surface area contributed by atoms with Gasteiger partial charge in [0.25, 0.3) is 0 Å². The van der Waals surface area contributed by atoms with E-state index in [9.17, 15) is 0 Å². The van der Waals surface area contributed by atoms with Gasteiger partial charge in [0.15, 0.2) is 0 Å². The lowest BCUT2D eigenvalue weighted by atomic mass is 10.1. The minimum Gasteiger partial charge on any atom is -0.0843 e. The fourth-order valence-electron chi connectivity index (χ4n) is 1.48. The van der Waals surface area contributed by atoms with Crippen LogP contribution in [0, 0.1) is 0 Å². The van der Waals surface area contributed by atoms with E-state index in [1.165, 1.54) is 5.56 Å². The first-order chi connectivity index (χ1) is 7.25. The van der Waals surface area contributed by atoms with Crippen molar-refractivity contribution in [3.63, 3.8) is 0 Å². The highest BCUT2D eigenvalue weighted by Crippen LogP contribution is 2.23. The van der Waals surface area contributed by atoms with Crippen molar-refractivity contribution in [3.05, 3.63) is 69.7 Å². The molecule has 0 aromatic heterocycles. The van der Waals surface area contributed by atoms with Crippen LogP contribution in [0.25, 0.3) is 0 Å². The van der Waals surface area contributed by atoms with Crippen LogP contribution in [0.4, 0.5) is 0 Å². The summed E-state index contributed by atoms with van der Waals surface area (Å²) in [7, 11) is 0. The average molecular weight is 237 g/mol. The van der Waals surface area contributed by atoms with Gasteiger partial charge in [-0.3, -0.25) is 0 Å². The summed E-state index contributed by atoms with van der Waals surface area (Å²) in [5, 5.41) is 1.41. The number of halogens is 2. The second-order valence-electron chi connectivity index (χ2n) is 3.40. The number of hydrogen-bond donors (Lipinski definition) is 0. The van der Waals surface area contributed by atoms with Gasteiger partial charge in [0.1, 0.15) is 0 Å². The molecule has 0 fully saturated rings. The summed E-state index contributed by atoms with van der Waals surface area (Å²) in [6.07, 6.45) is 0.844. The van der Waals surface area contributed by atoms with Gasteiger partial charge < -0.3 is 0 Å². The van der Waals surface area contributed by atoms with Gasteiger partial charge in [0.05, 0.1) is 0 Å². The fourth-order valence-corrected chi connectivity index (χ4v) is 1.96. The second-order valence-corrected chi connectivity index (χ2v) is 4.24. The Bertz CT molecular complexity index is 449. The zero-order chi connectivity index (χ0) is 10.7. The summed E-state index contributed by atoms with van der Waals surface area (Å²) in [5.74, 6) is 0. The molecule has 2 heteroatoms. The number of benzene rings is 2. The van der Waals surface area contributed by atoms with Crippen molar-refractivity contribution in [2.75, 3.05) is 0 Å². The molecule has 0 saturated carbocycles. The Balaban J connectivity index is 2.25. The molecule has 0 aliphatic heterocycles. The SMILES string of the molecule is Clc1ccc(Cc2ccccc2)c(Cl)c1. The van der Waals surface area contributed by atoms with Crippen LogP contribution in [0.15, 0.2) is 48.5 Å². The van der Waals surface area contributed by atoms with Crippen LogP contribution < -0.4 is 0 Å². The van der Waals surface area contributed by atoms with Crippen LogP contribution >= 0.6 is 23.2 Å². The lowest BCUT2D eigenvalue weighted by molar-refractivity contribution is 1.19. The van der Waals surface area contributed by atoms with Gasteiger partial charge in [-0.15, -0.1) is 0 Å². The molecule has 0 atom stereocenters. The van der Waals surface area contributed by atoms with E-state index >= 15 is 0 Å². The second kappa shape index (κ2) is 4.69. The number of rotatable bonds is 2. The summed E-state index contributed by atoms with van der Waals surface area (Å²) >= 11 is 11.9. The van der Waals surface area contributed by atoms with E-state index in [4.69, 9.17) is 23.2 Å². The minimum atomic E-state index is 0.678. The summed E-state index contributed by atoms with van der Waals surface area (Å²) in [6, 6.07) is 15.9. The summed E-state index contributed by atoms with van der Waals surface area (Å²) < 4.78 is 0. The summed E-state index contributed by atoms with van der Waals surface area (Å²) in [6.45, 7) is 0. The van der Waals surface area contributed by atoms with E-state index in [-0.39, 0.29) is 0 Å². The molecule has 2 aromatic carbocycles. The summed E-state index contributed by atoms with van der Waals surface area (Å²) in [5.41, 5.74) is 2.36. The van der Waals surface area contributed by atoms with E-state index in [1.807, 2.05) is 30.3 Å². The van der Waals surface area contributed by atoms with Crippen LogP contribution in [0.5, 0.6) is 0 Å². The Hall–Kier alpha value is -0.980. The molecular weight excluding hydrogens is 227 g/mol. The standard InChI is InChI=1S/C13H10Cl2/c14-12-7-6-11(13(15)9-12)8-10-4-2-1-3-5-10/h1-7,9H,8H2. The monoisotopic (exact) mass is 236 g/mol. The minimum absolute atomic E-state index is 0.678. The van der Waals surface area contributed by atoms with Gasteiger partial charge in [-0.25, -0.2) is 0 Å². The van der Waals surface area contributed by atoms with Gasteiger partial charge in [-0.2, -0.15) is 0 Å². The highest BCUT2D eigenvalue weighted by molar-refractivity contribution is 6.35. The highest BCUT2D eigenvalue weighted by Gasteiger charge is 2.01. The van der Waals surface area contributed by atoms with Gasteiger partial charge in [0.2, 0.25) is 0 Å². The van der Waals surface area contributed by atoms with Gasteiger partial charge in [0, 0.05) is 10.0 Å². The Labute approximate surface area is 99.5 Å². The molecule has 76 valence electrons. The lowest BCUT2D eigenvalue weighted by Crippen LogP contribution is -1.88. The topological polar surface area (TPSA) is 0 Å². The van der Waals surface area contributed by atoms with Gasteiger partial charge in [-0.1, -0.05) is 59.6 Å². The van der Waals surface area contributed by atoms with Crippen LogP contribution in [0.3, 0.4) is 0 Å². The summed E-state index contributed by atoms with van der Waals surface area (Å²) in [4.78, 5) is 0. The quantitative estimate of drug-likeness (QED) is 0.716. The fraction of sp³-hybridized carbons (Fsp3) is 0.0769. The normalized spacial score (nSPS) is 10.3. The van der Waals surface area contributed by atoms with E-state index in [2.05, 4.69) is 12.1 Å². The van der Waals surface area contributed by atoms with E-state index < -0.39 is 0 Å².